The summed E-state index contributed by atoms with van der Waals surface area (Å²) in [6, 6.07) is 10.1. The monoisotopic (exact) mass is 451 g/mol. The Morgan fingerprint density at radius 2 is 1.81 bits per heavy atom. The van der Waals surface area contributed by atoms with Crippen LogP contribution in [0.3, 0.4) is 0 Å². The van der Waals surface area contributed by atoms with Crippen molar-refractivity contribution in [2.45, 2.75) is 57.7 Å². The molecule has 7 heteroatoms. The van der Waals surface area contributed by atoms with Crippen LogP contribution >= 0.6 is 11.3 Å². The van der Waals surface area contributed by atoms with Crippen molar-refractivity contribution in [2.75, 3.05) is 11.9 Å². The maximum Gasteiger partial charge on any atom is 0.186 e. The molecular formula is C25H30FN5S. The molecule has 0 radical (unpaired) electrons. The summed E-state index contributed by atoms with van der Waals surface area (Å²) in [6.07, 6.45) is 4.01. The standard InChI is InChI=1S/C25H30FN5S/c1-24(2)12-18(13-25(3,4)29-24)31(6)23-27-22-19(26)10-16(11-21(22)32-23)15-7-8-20-17(9-15)14-30(5)28-20/h7-11,14,18,29H,12-13H2,1-6H3. The molecular weight excluding hydrogens is 421 g/mol. The third-order valence-corrected chi connectivity index (χ3v) is 7.50. The number of thiazole rings is 1. The molecule has 0 spiro atoms. The van der Waals surface area contributed by atoms with Crippen LogP contribution in [0.2, 0.25) is 0 Å². The van der Waals surface area contributed by atoms with E-state index in [1.807, 2.05) is 25.4 Å². The summed E-state index contributed by atoms with van der Waals surface area (Å²) in [5.41, 5.74) is 3.32. The zero-order valence-electron chi connectivity index (χ0n) is 19.5. The Bertz CT molecular complexity index is 1300. The van der Waals surface area contributed by atoms with Crippen LogP contribution < -0.4 is 10.2 Å². The minimum atomic E-state index is -0.273. The van der Waals surface area contributed by atoms with Gasteiger partial charge in [0.1, 0.15) is 5.52 Å². The summed E-state index contributed by atoms with van der Waals surface area (Å²) in [6.45, 7) is 8.99. The van der Waals surface area contributed by atoms with Gasteiger partial charge in [-0.3, -0.25) is 4.68 Å². The average Bonchev–Trinajstić information content (AvgIpc) is 3.27. The predicted molar refractivity (Wildman–Crippen MR) is 132 cm³/mol. The van der Waals surface area contributed by atoms with Gasteiger partial charge in [0, 0.05) is 42.8 Å². The first-order chi connectivity index (χ1) is 15.0. The molecule has 1 N–H and O–H groups in total. The molecule has 32 heavy (non-hydrogen) atoms. The number of fused-ring (bicyclic) bond motifs is 2. The van der Waals surface area contributed by atoms with E-state index >= 15 is 4.39 Å². The van der Waals surface area contributed by atoms with E-state index in [4.69, 9.17) is 4.98 Å². The van der Waals surface area contributed by atoms with E-state index < -0.39 is 0 Å². The fraction of sp³-hybridized carbons (Fsp3) is 0.440. The highest BCUT2D eigenvalue weighted by Crippen LogP contribution is 2.38. The normalized spacial score (nSPS) is 18.5. The quantitative estimate of drug-likeness (QED) is 0.432. The number of halogens is 1. The van der Waals surface area contributed by atoms with Crippen LogP contribution in [0.25, 0.3) is 32.2 Å². The van der Waals surface area contributed by atoms with Gasteiger partial charge in [-0.05, 0) is 75.9 Å². The second-order valence-electron chi connectivity index (χ2n) is 10.4. The van der Waals surface area contributed by atoms with Gasteiger partial charge in [-0.15, -0.1) is 0 Å². The molecule has 1 aliphatic heterocycles. The largest absolute Gasteiger partial charge is 0.348 e. The number of aromatic nitrogens is 3. The maximum absolute atomic E-state index is 15.1. The molecule has 0 saturated carbocycles. The number of hydrogen-bond donors (Lipinski definition) is 1. The second kappa shape index (κ2) is 7.25. The van der Waals surface area contributed by atoms with Gasteiger partial charge in [0.05, 0.1) is 10.2 Å². The first-order valence-electron chi connectivity index (χ1n) is 11.1. The third kappa shape index (κ3) is 3.88. The van der Waals surface area contributed by atoms with Crippen molar-refractivity contribution in [3.05, 3.63) is 42.3 Å². The molecule has 0 unspecified atom stereocenters. The van der Waals surface area contributed by atoms with Crippen LogP contribution in [0.1, 0.15) is 40.5 Å². The lowest BCUT2D eigenvalue weighted by molar-refractivity contribution is 0.161. The number of rotatable bonds is 3. The van der Waals surface area contributed by atoms with Gasteiger partial charge in [0.25, 0.3) is 0 Å². The van der Waals surface area contributed by atoms with E-state index in [0.717, 1.165) is 44.7 Å². The molecule has 5 rings (SSSR count). The van der Waals surface area contributed by atoms with Gasteiger partial charge < -0.3 is 10.2 Å². The van der Waals surface area contributed by atoms with Gasteiger partial charge >= 0.3 is 0 Å². The number of benzene rings is 2. The number of anilines is 1. The summed E-state index contributed by atoms with van der Waals surface area (Å²) in [4.78, 5) is 6.95. The first-order valence-corrected chi connectivity index (χ1v) is 11.9. The van der Waals surface area contributed by atoms with E-state index in [-0.39, 0.29) is 16.9 Å². The fourth-order valence-electron chi connectivity index (χ4n) is 5.32. The van der Waals surface area contributed by atoms with Gasteiger partial charge in [0.15, 0.2) is 10.9 Å². The van der Waals surface area contributed by atoms with Crippen LogP contribution in [0, 0.1) is 5.82 Å². The zero-order valence-corrected chi connectivity index (χ0v) is 20.3. The lowest BCUT2D eigenvalue weighted by atomic mass is 9.79. The molecule has 168 valence electrons. The number of aryl methyl sites for hydroxylation is 1. The van der Waals surface area contributed by atoms with Crippen LogP contribution in [0.5, 0.6) is 0 Å². The van der Waals surface area contributed by atoms with Gasteiger partial charge in [-0.1, -0.05) is 17.4 Å². The summed E-state index contributed by atoms with van der Waals surface area (Å²) >= 11 is 1.57. The summed E-state index contributed by atoms with van der Waals surface area (Å²) in [5, 5.41) is 10.1. The molecule has 1 fully saturated rings. The number of piperidine rings is 1. The van der Waals surface area contributed by atoms with Gasteiger partial charge in [0.2, 0.25) is 0 Å². The number of nitrogens with one attached hydrogen (secondary N) is 1. The Labute approximate surface area is 192 Å². The smallest absolute Gasteiger partial charge is 0.186 e. The second-order valence-corrected chi connectivity index (χ2v) is 11.5. The highest BCUT2D eigenvalue weighted by Gasteiger charge is 2.39. The van der Waals surface area contributed by atoms with Crippen LogP contribution in [-0.4, -0.2) is 38.9 Å². The summed E-state index contributed by atoms with van der Waals surface area (Å²) in [7, 11) is 4.00. The Balaban J connectivity index is 1.50. The van der Waals surface area contributed by atoms with Crippen LogP contribution in [-0.2, 0) is 7.05 Å². The molecule has 1 saturated heterocycles. The van der Waals surface area contributed by atoms with Crippen molar-refractivity contribution in [1.29, 1.82) is 0 Å². The molecule has 1 aliphatic rings. The van der Waals surface area contributed by atoms with Crippen molar-refractivity contribution in [3.8, 4) is 11.1 Å². The molecule has 0 bridgehead atoms. The van der Waals surface area contributed by atoms with Crippen molar-refractivity contribution in [2.24, 2.45) is 7.05 Å². The topological polar surface area (TPSA) is 46.0 Å². The highest BCUT2D eigenvalue weighted by atomic mass is 32.1. The summed E-state index contributed by atoms with van der Waals surface area (Å²) in [5.74, 6) is -0.273. The number of nitrogens with zero attached hydrogens (tertiary/aromatic N) is 4. The minimum absolute atomic E-state index is 0.0424. The molecule has 2 aromatic heterocycles. The Hall–Kier alpha value is -2.51. The Morgan fingerprint density at radius 1 is 1.09 bits per heavy atom. The maximum atomic E-state index is 15.1. The predicted octanol–water partition coefficient (Wildman–Crippen LogP) is 5.73. The SMILES string of the molecule is CN(c1nc2c(F)cc(-c3ccc4nn(C)cc4c3)cc2s1)C1CC(C)(C)NC(C)(C)C1. The minimum Gasteiger partial charge on any atom is -0.348 e. The van der Waals surface area contributed by atoms with Crippen molar-refractivity contribution < 1.29 is 4.39 Å². The van der Waals surface area contributed by atoms with Crippen LogP contribution in [0.4, 0.5) is 9.52 Å². The lowest BCUT2D eigenvalue weighted by Gasteiger charge is -2.48. The van der Waals surface area contributed by atoms with Crippen molar-refractivity contribution >= 4 is 37.6 Å². The van der Waals surface area contributed by atoms with E-state index in [2.05, 4.69) is 62.2 Å². The highest BCUT2D eigenvalue weighted by molar-refractivity contribution is 7.22. The first kappa shape index (κ1) is 21.3. The molecule has 4 aromatic rings. The van der Waals surface area contributed by atoms with Crippen molar-refractivity contribution in [3.63, 3.8) is 0 Å². The fourth-order valence-corrected chi connectivity index (χ4v) is 6.37. The Kier molecular flexibility index (Phi) is 4.84. The molecule has 0 amide bonds. The van der Waals surface area contributed by atoms with Crippen molar-refractivity contribution in [1.82, 2.24) is 20.1 Å². The van der Waals surface area contributed by atoms with Gasteiger partial charge in [-0.25, -0.2) is 9.37 Å². The average molecular weight is 452 g/mol. The summed E-state index contributed by atoms with van der Waals surface area (Å²) < 4.78 is 17.8. The van der Waals surface area contributed by atoms with E-state index in [9.17, 15) is 0 Å². The van der Waals surface area contributed by atoms with Gasteiger partial charge in [-0.2, -0.15) is 5.10 Å². The lowest BCUT2D eigenvalue weighted by Crippen LogP contribution is -2.61. The molecule has 0 atom stereocenters. The van der Waals surface area contributed by atoms with E-state index in [1.54, 1.807) is 22.1 Å². The zero-order chi connectivity index (χ0) is 22.8. The third-order valence-electron chi connectivity index (χ3n) is 6.41. The molecule has 0 aliphatic carbocycles. The molecule has 5 nitrogen and oxygen atoms in total. The van der Waals surface area contributed by atoms with Crippen LogP contribution in [0.15, 0.2) is 36.5 Å². The van der Waals surface area contributed by atoms with E-state index in [0.29, 0.717) is 11.6 Å². The van der Waals surface area contributed by atoms with E-state index in [1.165, 1.54) is 0 Å². The molecule has 2 aromatic carbocycles. The number of hydrogen-bond acceptors (Lipinski definition) is 5. The Morgan fingerprint density at radius 3 is 2.53 bits per heavy atom. The molecule has 3 heterocycles.